The van der Waals surface area contributed by atoms with E-state index in [4.69, 9.17) is 11.6 Å². The number of fused-ring (bicyclic) bond motifs is 2. The molecule has 0 aliphatic carbocycles. The maximum Gasteiger partial charge on any atom is 0.259 e. The van der Waals surface area contributed by atoms with Gasteiger partial charge in [-0.25, -0.2) is 4.39 Å². The maximum absolute atomic E-state index is 14.6. The summed E-state index contributed by atoms with van der Waals surface area (Å²) < 4.78 is 14.6. The molecule has 1 aliphatic rings. The second-order valence-corrected chi connectivity index (χ2v) is 8.84. The van der Waals surface area contributed by atoms with Crippen LogP contribution in [0.2, 0.25) is 5.02 Å². The van der Waals surface area contributed by atoms with Gasteiger partial charge < -0.3 is 9.80 Å². The van der Waals surface area contributed by atoms with E-state index in [1.54, 1.807) is 35.2 Å². The van der Waals surface area contributed by atoms with E-state index in [2.05, 4.69) is 0 Å². The van der Waals surface area contributed by atoms with Crippen molar-refractivity contribution in [2.75, 3.05) is 18.0 Å². The van der Waals surface area contributed by atoms with Crippen LogP contribution in [0.4, 0.5) is 10.1 Å². The van der Waals surface area contributed by atoms with Gasteiger partial charge in [0, 0.05) is 39.0 Å². The topological polar surface area (TPSA) is 40.6 Å². The Morgan fingerprint density at radius 1 is 1.03 bits per heavy atom. The van der Waals surface area contributed by atoms with Crippen molar-refractivity contribution in [3.8, 4) is 0 Å². The monoisotopic (exact) mass is 468 g/mol. The smallest absolute Gasteiger partial charge is 0.259 e. The SMILES string of the molecule is CCN(CC)C(=O)c1ccc2c(c1)N(Cc1c(F)cccc1Cl)C(=O)c1ccccc1S2. The maximum atomic E-state index is 14.6. The van der Waals surface area contributed by atoms with Crippen LogP contribution in [0.3, 0.4) is 0 Å². The van der Waals surface area contributed by atoms with Crippen molar-refractivity contribution in [2.45, 2.75) is 30.2 Å². The van der Waals surface area contributed by atoms with Crippen LogP contribution in [0, 0.1) is 5.82 Å². The highest BCUT2D eigenvalue weighted by atomic mass is 35.5. The molecule has 4 rings (SSSR count). The molecule has 2 amide bonds. The average Bonchev–Trinajstić information content (AvgIpc) is 2.91. The summed E-state index contributed by atoms with van der Waals surface area (Å²) in [6, 6.07) is 17.1. The Hall–Kier alpha value is -2.83. The summed E-state index contributed by atoms with van der Waals surface area (Å²) in [4.78, 5) is 31.4. The normalized spacial score (nSPS) is 12.8. The van der Waals surface area contributed by atoms with Gasteiger partial charge in [-0.15, -0.1) is 0 Å². The predicted molar refractivity (Wildman–Crippen MR) is 126 cm³/mol. The summed E-state index contributed by atoms with van der Waals surface area (Å²) in [5.74, 6) is -0.855. The first kappa shape index (κ1) is 22.4. The summed E-state index contributed by atoms with van der Waals surface area (Å²) in [5, 5.41) is 0.250. The zero-order valence-corrected chi connectivity index (χ0v) is 19.3. The zero-order chi connectivity index (χ0) is 22.8. The largest absolute Gasteiger partial charge is 0.339 e. The Bertz CT molecular complexity index is 1180. The van der Waals surface area contributed by atoms with E-state index in [0.717, 1.165) is 9.79 Å². The van der Waals surface area contributed by atoms with Crippen molar-refractivity contribution in [1.82, 2.24) is 4.90 Å². The molecule has 3 aromatic rings. The zero-order valence-electron chi connectivity index (χ0n) is 17.8. The Labute approximate surface area is 196 Å². The number of benzene rings is 3. The van der Waals surface area contributed by atoms with Crippen LogP contribution in [0.15, 0.2) is 70.5 Å². The highest BCUT2D eigenvalue weighted by Crippen LogP contribution is 2.42. The van der Waals surface area contributed by atoms with Gasteiger partial charge in [0.2, 0.25) is 0 Å². The van der Waals surface area contributed by atoms with Crippen molar-refractivity contribution in [1.29, 1.82) is 0 Å². The number of carbonyl (C=O) groups excluding carboxylic acids is 2. The van der Waals surface area contributed by atoms with Crippen LogP contribution in [0.5, 0.6) is 0 Å². The first-order valence-electron chi connectivity index (χ1n) is 10.4. The molecule has 0 radical (unpaired) electrons. The number of nitrogens with zero attached hydrogens (tertiary/aromatic N) is 2. The third-order valence-corrected chi connectivity index (χ3v) is 7.00. The van der Waals surface area contributed by atoms with Crippen molar-refractivity contribution in [3.05, 3.63) is 88.2 Å². The molecular formula is C25H22ClFN2O2S. The lowest BCUT2D eigenvalue weighted by molar-refractivity contribution is 0.0772. The molecule has 3 aromatic carbocycles. The van der Waals surface area contributed by atoms with Gasteiger partial charge in [0.25, 0.3) is 11.8 Å². The minimum absolute atomic E-state index is 0.0465. The van der Waals surface area contributed by atoms with Gasteiger partial charge in [0.05, 0.1) is 17.8 Å². The van der Waals surface area contributed by atoms with Gasteiger partial charge in [0.1, 0.15) is 5.82 Å². The number of hydrogen-bond donors (Lipinski definition) is 0. The predicted octanol–water partition coefficient (Wildman–Crippen LogP) is 6.27. The van der Waals surface area contributed by atoms with E-state index < -0.39 is 5.82 Å². The fourth-order valence-electron chi connectivity index (χ4n) is 3.75. The Kier molecular flexibility index (Phi) is 6.53. The number of carbonyl (C=O) groups is 2. The van der Waals surface area contributed by atoms with E-state index in [1.807, 2.05) is 32.0 Å². The third kappa shape index (κ3) is 4.12. The van der Waals surface area contributed by atoms with Gasteiger partial charge in [-0.1, -0.05) is 41.6 Å². The summed E-state index contributed by atoms with van der Waals surface area (Å²) in [6.07, 6.45) is 0. The van der Waals surface area contributed by atoms with Crippen LogP contribution >= 0.6 is 23.4 Å². The van der Waals surface area contributed by atoms with E-state index in [-0.39, 0.29) is 28.9 Å². The highest BCUT2D eigenvalue weighted by molar-refractivity contribution is 7.99. The number of rotatable bonds is 5. The molecule has 164 valence electrons. The van der Waals surface area contributed by atoms with Crippen LogP contribution in [0.25, 0.3) is 0 Å². The molecule has 0 atom stereocenters. The molecular weight excluding hydrogens is 447 g/mol. The lowest BCUT2D eigenvalue weighted by atomic mass is 10.1. The van der Waals surface area contributed by atoms with Crippen LogP contribution in [-0.2, 0) is 6.54 Å². The standard InChI is InChI=1S/C25H22ClFN2O2S/c1-3-28(4-2)24(30)16-12-13-23-21(14-16)29(15-18-19(26)9-7-10-20(18)27)25(31)17-8-5-6-11-22(17)32-23/h5-14H,3-4,15H2,1-2H3. The van der Waals surface area contributed by atoms with E-state index in [0.29, 0.717) is 29.9 Å². The Balaban J connectivity index is 1.86. The molecule has 0 saturated carbocycles. The molecule has 0 saturated heterocycles. The van der Waals surface area contributed by atoms with E-state index in [1.165, 1.54) is 28.8 Å². The third-order valence-electron chi connectivity index (χ3n) is 5.51. The average molecular weight is 469 g/mol. The first-order valence-corrected chi connectivity index (χ1v) is 11.6. The van der Waals surface area contributed by atoms with Crippen molar-refractivity contribution in [3.63, 3.8) is 0 Å². The van der Waals surface area contributed by atoms with Gasteiger partial charge in [-0.3, -0.25) is 9.59 Å². The number of hydrogen-bond acceptors (Lipinski definition) is 3. The minimum Gasteiger partial charge on any atom is -0.339 e. The summed E-state index contributed by atoms with van der Waals surface area (Å²) in [5.41, 5.74) is 1.81. The molecule has 1 heterocycles. The van der Waals surface area contributed by atoms with E-state index >= 15 is 0 Å². The van der Waals surface area contributed by atoms with Gasteiger partial charge in [-0.05, 0) is 56.3 Å². The lowest BCUT2D eigenvalue weighted by Gasteiger charge is -2.25. The minimum atomic E-state index is -0.479. The number of anilines is 1. The molecule has 0 spiro atoms. The van der Waals surface area contributed by atoms with Gasteiger partial charge >= 0.3 is 0 Å². The molecule has 7 heteroatoms. The van der Waals surface area contributed by atoms with Crippen molar-refractivity contribution >= 4 is 40.9 Å². The molecule has 32 heavy (non-hydrogen) atoms. The van der Waals surface area contributed by atoms with Gasteiger partial charge in [0.15, 0.2) is 0 Å². The van der Waals surface area contributed by atoms with Crippen molar-refractivity contribution < 1.29 is 14.0 Å². The van der Waals surface area contributed by atoms with E-state index in [9.17, 15) is 14.0 Å². The Morgan fingerprint density at radius 2 is 1.78 bits per heavy atom. The number of amides is 2. The highest BCUT2D eigenvalue weighted by Gasteiger charge is 2.29. The summed E-state index contributed by atoms with van der Waals surface area (Å²) >= 11 is 7.74. The van der Waals surface area contributed by atoms with Gasteiger partial charge in [-0.2, -0.15) is 0 Å². The molecule has 4 nitrogen and oxygen atoms in total. The molecule has 0 aromatic heterocycles. The molecule has 0 N–H and O–H groups in total. The van der Waals surface area contributed by atoms with Crippen LogP contribution < -0.4 is 4.90 Å². The first-order chi connectivity index (χ1) is 15.4. The fraction of sp³-hybridized carbons (Fsp3) is 0.200. The molecule has 0 fully saturated rings. The van der Waals surface area contributed by atoms with Crippen molar-refractivity contribution in [2.24, 2.45) is 0 Å². The fourth-order valence-corrected chi connectivity index (χ4v) is 5.03. The number of halogens is 2. The lowest BCUT2D eigenvalue weighted by Crippen LogP contribution is -2.32. The summed E-state index contributed by atoms with van der Waals surface area (Å²) in [6.45, 7) is 4.97. The molecule has 1 aliphatic heterocycles. The second kappa shape index (κ2) is 9.35. The Morgan fingerprint density at radius 3 is 2.50 bits per heavy atom. The van der Waals surface area contributed by atoms with Crippen LogP contribution in [-0.4, -0.2) is 29.8 Å². The molecule has 0 bridgehead atoms. The molecule has 0 unspecified atom stereocenters. The summed E-state index contributed by atoms with van der Waals surface area (Å²) in [7, 11) is 0. The second-order valence-electron chi connectivity index (χ2n) is 7.35. The quantitative estimate of drug-likeness (QED) is 0.443. The van der Waals surface area contributed by atoms with Crippen LogP contribution in [0.1, 0.15) is 40.1 Å².